The molecule has 1 fully saturated rings. The molecule has 0 bridgehead atoms. The summed E-state index contributed by atoms with van der Waals surface area (Å²) >= 11 is 0. The lowest BCUT2D eigenvalue weighted by molar-refractivity contribution is -0.0512. The SMILES string of the molecule is Cc1ccc2c(=O)c(C(=O)O)cn([C@@H]3O[C@H](CO)[C@@H](O)[C@H]3O)c2n1. The minimum atomic E-state index is -1.43. The molecule has 9 nitrogen and oxygen atoms in total. The first-order chi connectivity index (χ1) is 11.3. The fraction of sp³-hybridized carbons (Fsp3) is 0.400. The molecule has 0 aromatic carbocycles. The van der Waals surface area contributed by atoms with Crippen LogP contribution in [0.4, 0.5) is 0 Å². The average molecular weight is 336 g/mol. The van der Waals surface area contributed by atoms with Crippen LogP contribution in [0.2, 0.25) is 0 Å². The van der Waals surface area contributed by atoms with Gasteiger partial charge in [0.05, 0.1) is 12.0 Å². The standard InChI is InChI=1S/C15H16N2O7/c1-6-2-3-7-10(19)8(15(22)23)4-17(13(7)16-6)14-12(21)11(20)9(5-18)24-14/h2-4,9,11-12,14,18,20-21H,5H2,1H3,(H,22,23)/t9-,11-,12-,14-/m1/s1. The van der Waals surface area contributed by atoms with Crippen molar-refractivity contribution in [1.82, 2.24) is 9.55 Å². The Kier molecular flexibility index (Phi) is 4.10. The van der Waals surface area contributed by atoms with Crippen LogP contribution in [-0.4, -0.2) is 60.9 Å². The first kappa shape index (κ1) is 16.5. The molecular weight excluding hydrogens is 320 g/mol. The van der Waals surface area contributed by atoms with Gasteiger partial charge in [0.25, 0.3) is 0 Å². The zero-order valence-corrected chi connectivity index (χ0v) is 12.7. The molecule has 2 aromatic rings. The fourth-order valence-electron chi connectivity index (χ4n) is 2.78. The molecule has 0 unspecified atom stereocenters. The van der Waals surface area contributed by atoms with E-state index in [1.54, 1.807) is 13.0 Å². The van der Waals surface area contributed by atoms with Gasteiger partial charge in [0.1, 0.15) is 29.5 Å². The number of hydrogen-bond donors (Lipinski definition) is 4. The lowest BCUT2D eigenvalue weighted by Gasteiger charge is -2.21. The number of aliphatic hydroxyl groups excluding tert-OH is 3. The van der Waals surface area contributed by atoms with Crippen molar-refractivity contribution >= 4 is 17.0 Å². The van der Waals surface area contributed by atoms with Crippen molar-refractivity contribution in [1.29, 1.82) is 0 Å². The predicted molar refractivity (Wildman–Crippen MR) is 80.7 cm³/mol. The van der Waals surface area contributed by atoms with E-state index in [1.165, 1.54) is 10.6 Å². The second-order valence-electron chi connectivity index (χ2n) is 5.64. The number of hydrogen-bond acceptors (Lipinski definition) is 7. The second-order valence-corrected chi connectivity index (χ2v) is 5.64. The highest BCUT2D eigenvalue weighted by Crippen LogP contribution is 2.31. The molecule has 3 rings (SSSR count). The molecule has 0 spiro atoms. The summed E-state index contributed by atoms with van der Waals surface area (Å²) in [5.74, 6) is -1.43. The number of ether oxygens (including phenoxy) is 1. The van der Waals surface area contributed by atoms with Crippen LogP contribution in [0.1, 0.15) is 22.3 Å². The van der Waals surface area contributed by atoms with E-state index in [0.717, 1.165) is 6.20 Å². The summed E-state index contributed by atoms with van der Waals surface area (Å²) in [6.07, 6.45) is -3.96. The van der Waals surface area contributed by atoms with Gasteiger partial charge < -0.3 is 29.7 Å². The van der Waals surface area contributed by atoms with E-state index in [1.807, 2.05) is 0 Å². The average Bonchev–Trinajstić information content (AvgIpc) is 2.83. The second kappa shape index (κ2) is 5.95. The zero-order valence-electron chi connectivity index (χ0n) is 12.7. The minimum absolute atomic E-state index is 0.0539. The molecule has 3 heterocycles. The van der Waals surface area contributed by atoms with Gasteiger partial charge in [-0.15, -0.1) is 0 Å². The highest BCUT2D eigenvalue weighted by Gasteiger charge is 2.44. The number of carboxylic acid groups (broad SMARTS) is 1. The molecule has 128 valence electrons. The quantitative estimate of drug-likeness (QED) is 0.560. The Morgan fingerprint density at radius 3 is 2.62 bits per heavy atom. The summed E-state index contributed by atoms with van der Waals surface area (Å²) in [5, 5.41) is 38.6. The molecule has 2 aromatic heterocycles. The van der Waals surface area contributed by atoms with Gasteiger partial charge in [0.15, 0.2) is 6.23 Å². The van der Waals surface area contributed by atoms with Crippen LogP contribution in [0.25, 0.3) is 11.0 Å². The van der Waals surface area contributed by atoms with E-state index in [4.69, 9.17) is 4.74 Å². The van der Waals surface area contributed by atoms with Gasteiger partial charge in [-0.1, -0.05) is 0 Å². The molecule has 1 saturated heterocycles. The van der Waals surface area contributed by atoms with E-state index in [-0.39, 0.29) is 11.0 Å². The molecule has 4 N–H and O–H groups in total. The van der Waals surface area contributed by atoms with Crippen molar-refractivity contribution in [3.05, 3.63) is 39.8 Å². The van der Waals surface area contributed by atoms with E-state index in [0.29, 0.717) is 5.69 Å². The predicted octanol–water partition coefficient (Wildman–Crippen LogP) is -0.985. The number of nitrogens with zero attached hydrogens (tertiary/aromatic N) is 2. The van der Waals surface area contributed by atoms with Gasteiger partial charge in [-0.25, -0.2) is 9.78 Å². The summed E-state index contributed by atoms with van der Waals surface area (Å²) in [4.78, 5) is 27.9. The molecule has 4 atom stereocenters. The smallest absolute Gasteiger partial charge is 0.341 e. The Hall–Kier alpha value is -2.33. The Labute approximate surface area is 135 Å². The molecule has 1 aliphatic heterocycles. The molecule has 9 heteroatoms. The van der Waals surface area contributed by atoms with Crippen LogP contribution < -0.4 is 5.43 Å². The Morgan fingerprint density at radius 2 is 2.04 bits per heavy atom. The Morgan fingerprint density at radius 1 is 1.33 bits per heavy atom. The van der Waals surface area contributed by atoms with Crippen LogP contribution in [0.15, 0.2) is 23.1 Å². The maximum atomic E-state index is 12.3. The number of aromatic carboxylic acids is 1. The Balaban J connectivity index is 2.27. The fourth-order valence-corrected chi connectivity index (χ4v) is 2.78. The molecule has 24 heavy (non-hydrogen) atoms. The van der Waals surface area contributed by atoms with E-state index in [9.17, 15) is 30.0 Å². The lowest BCUT2D eigenvalue weighted by atomic mass is 10.1. The highest BCUT2D eigenvalue weighted by atomic mass is 16.6. The van der Waals surface area contributed by atoms with Crippen LogP contribution in [-0.2, 0) is 4.74 Å². The summed E-state index contributed by atoms with van der Waals surface area (Å²) in [5.41, 5.74) is -0.510. The highest BCUT2D eigenvalue weighted by molar-refractivity contribution is 5.91. The third-order valence-electron chi connectivity index (χ3n) is 4.04. The third-order valence-corrected chi connectivity index (χ3v) is 4.04. The van der Waals surface area contributed by atoms with Gasteiger partial charge in [-0.3, -0.25) is 4.79 Å². The van der Waals surface area contributed by atoms with Crippen LogP contribution in [0, 0.1) is 6.92 Å². The molecular formula is C15H16N2O7. The summed E-state index contributed by atoms with van der Waals surface area (Å²) < 4.78 is 6.63. The summed E-state index contributed by atoms with van der Waals surface area (Å²) in [7, 11) is 0. The van der Waals surface area contributed by atoms with Gasteiger partial charge >= 0.3 is 5.97 Å². The molecule has 1 aliphatic rings. The normalized spacial score (nSPS) is 26.8. The van der Waals surface area contributed by atoms with E-state index in [2.05, 4.69) is 4.98 Å². The summed E-state index contributed by atoms with van der Waals surface area (Å²) in [6.45, 7) is 1.17. The first-order valence-corrected chi connectivity index (χ1v) is 7.23. The summed E-state index contributed by atoms with van der Waals surface area (Å²) in [6, 6.07) is 3.02. The largest absolute Gasteiger partial charge is 0.477 e. The number of carboxylic acids is 1. The van der Waals surface area contributed by atoms with Crippen LogP contribution >= 0.6 is 0 Å². The number of rotatable bonds is 3. The number of fused-ring (bicyclic) bond motifs is 1. The monoisotopic (exact) mass is 336 g/mol. The number of aliphatic hydroxyl groups is 3. The van der Waals surface area contributed by atoms with Crippen LogP contribution in [0.5, 0.6) is 0 Å². The third kappa shape index (κ3) is 2.47. The zero-order chi connectivity index (χ0) is 17.6. The van der Waals surface area contributed by atoms with Crippen molar-refractivity contribution in [3.8, 4) is 0 Å². The maximum Gasteiger partial charge on any atom is 0.341 e. The molecule has 0 aliphatic carbocycles. The first-order valence-electron chi connectivity index (χ1n) is 7.23. The molecule has 0 radical (unpaired) electrons. The molecule has 0 saturated carbocycles. The number of carbonyl (C=O) groups is 1. The number of aromatic nitrogens is 2. The number of aryl methyl sites for hydroxylation is 1. The molecule has 0 amide bonds. The van der Waals surface area contributed by atoms with Crippen molar-refractivity contribution in [2.75, 3.05) is 6.61 Å². The minimum Gasteiger partial charge on any atom is -0.477 e. The van der Waals surface area contributed by atoms with E-state index < -0.39 is 48.1 Å². The Bertz CT molecular complexity index is 863. The van der Waals surface area contributed by atoms with Gasteiger partial charge in [0.2, 0.25) is 5.43 Å². The van der Waals surface area contributed by atoms with Crippen molar-refractivity contribution < 1.29 is 30.0 Å². The van der Waals surface area contributed by atoms with Crippen molar-refractivity contribution in [3.63, 3.8) is 0 Å². The maximum absolute atomic E-state index is 12.3. The van der Waals surface area contributed by atoms with Crippen molar-refractivity contribution in [2.24, 2.45) is 0 Å². The van der Waals surface area contributed by atoms with Gasteiger partial charge in [-0.05, 0) is 19.1 Å². The van der Waals surface area contributed by atoms with Gasteiger partial charge in [0, 0.05) is 11.9 Å². The topological polar surface area (TPSA) is 142 Å². The van der Waals surface area contributed by atoms with Crippen LogP contribution in [0.3, 0.4) is 0 Å². The lowest BCUT2D eigenvalue weighted by Crippen LogP contribution is -2.33. The number of pyridine rings is 2. The van der Waals surface area contributed by atoms with Gasteiger partial charge in [-0.2, -0.15) is 0 Å². The van der Waals surface area contributed by atoms with Crippen molar-refractivity contribution in [2.45, 2.75) is 31.5 Å². The van der Waals surface area contributed by atoms with E-state index >= 15 is 0 Å².